The molecule has 0 unspecified atom stereocenters. The highest BCUT2D eigenvalue weighted by atomic mass is 16.5. The van der Waals surface area contributed by atoms with Crippen molar-refractivity contribution >= 4 is 5.91 Å². The molecule has 7 nitrogen and oxygen atoms in total. The summed E-state index contributed by atoms with van der Waals surface area (Å²) in [6.07, 6.45) is 6.40. The molecule has 0 saturated heterocycles. The van der Waals surface area contributed by atoms with Gasteiger partial charge in [-0.1, -0.05) is 6.07 Å². The third-order valence-corrected chi connectivity index (χ3v) is 4.60. The number of carbonyl (C=O) groups is 1. The van der Waals surface area contributed by atoms with E-state index < -0.39 is 0 Å². The highest BCUT2D eigenvalue weighted by Gasteiger charge is 2.22. The standard InChI is InChI=1S/C18H24N4O3/c1-25-12-7-17(23)20-15-4-5-16-14(13-15)3-6-18(24)22(16)11-10-21-9-2-8-19-21/h2-3,6,8-9,15H,4-5,7,10-13H2,1H3,(H,20,23)/t15-/m0/s1. The van der Waals surface area contributed by atoms with Gasteiger partial charge in [-0.15, -0.1) is 0 Å². The number of ether oxygens (including phenoxy) is 1. The van der Waals surface area contributed by atoms with Gasteiger partial charge < -0.3 is 14.6 Å². The van der Waals surface area contributed by atoms with E-state index in [1.54, 1.807) is 19.4 Å². The molecule has 0 spiro atoms. The van der Waals surface area contributed by atoms with Crippen LogP contribution in [0.5, 0.6) is 0 Å². The minimum atomic E-state index is 0.0160. The molecule has 2 aromatic rings. The molecule has 1 aliphatic carbocycles. The highest BCUT2D eigenvalue weighted by molar-refractivity contribution is 5.76. The van der Waals surface area contributed by atoms with Crippen LogP contribution in [-0.4, -0.2) is 40.0 Å². The van der Waals surface area contributed by atoms with Gasteiger partial charge in [-0.05, 0) is 30.9 Å². The molecule has 0 saturated carbocycles. The zero-order valence-corrected chi connectivity index (χ0v) is 14.5. The third kappa shape index (κ3) is 4.36. The van der Waals surface area contributed by atoms with Crippen molar-refractivity contribution in [3.05, 3.63) is 52.2 Å². The van der Waals surface area contributed by atoms with E-state index in [-0.39, 0.29) is 17.5 Å². The van der Waals surface area contributed by atoms with E-state index in [2.05, 4.69) is 10.4 Å². The van der Waals surface area contributed by atoms with Crippen molar-refractivity contribution in [2.75, 3.05) is 13.7 Å². The number of methoxy groups -OCH3 is 1. The largest absolute Gasteiger partial charge is 0.384 e. The van der Waals surface area contributed by atoms with E-state index in [0.717, 1.165) is 30.5 Å². The number of amides is 1. The predicted octanol–water partition coefficient (Wildman–Crippen LogP) is 0.755. The molecule has 2 aromatic heterocycles. The first-order chi connectivity index (χ1) is 12.2. The Morgan fingerprint density at radius 3 is 3.04 bits per heavy atom. The fourth-order valence-corrected chi connectivity index (χ4v) is 3.32. The number of carbonyl (C=O) groups excluding carboxylic acids is 1. The first-order valence-electron chi connectivity index (χ1n) is 8.64. The van der Waals surface area contributed by atoms with Crippen LogP contribution in [0.15, 0.2) is 35.4 Å². The number of aromatic nitrogens is 3. The quantitative estimate of drug-likeness (QED) is 0.804. The van der Waals surface area contributed by atoms with Gasteiger partial charge in [0.2, 0.25) is 5.91 Å². The summed E-state index contributed by atoms with van der Waals surface area (Å²) in [5, 5.41) is 7.25. The van der Waals surface area contributed by atoms with Crippen LogP contribution in [0.4, 0.5) is 0 Å². The molecule has 0 aliphatic heterocycles. The third-order valence-electron chi connectivity index (χ3n) is 4.60. The number of rotatable bonds is 7. The molecule has 0 fully saturated rings. The fourth-order valence-electron chi connectivity index (χ4n) is 3.32. The summed E-state index contributed by atoms with van der Waals surface area (Å²) in [6, 6.07) is 5.51. The van der Waals surface area contributed by atoms with Crippen LogP contribution >= 0.6 is 0 Å². The number of fused-ring (bicyclic) bond motifs is 1. The van der Waals surface area contributed by atoms with Crippen LogP contribution in [-0.2, 0) is 35.5 Å². The first-order valence-corrected chi connectivity index (χ1v) is 8.64. The Bertz CT molecular complexity index is 767. The second-order valence-corrected chi connectivity index (χ2v) is 6.31. The number of nitrogens with zero attached hydrogens (tertiary/aromatic N) is 3. The number of hydrogen-bond acceptors (Lipinski definition) is 4. The molecular weight excluding hydrogens is 320 g/mol. The van der Waals surface area contributed by atoms with Crippen molar-refractivity contribution < 1.29 is 9.53 Å². The van der Waals surface area contributed by atoms with E-state index in [9.17, 15) is 9.59 Å². The number of nitrogens with one attached hydrogen (secondary N) is 1. The van der Waals surface area contributed by atoms with Crippen LogP contribution in [0.2, 0.25) is 0 Å². The van der Waals surface area contributed by atoms with E-state index in [0.29, 0.717) is 26.1 Å². The SMILES string of the molecule is COCCC(=O)N[C@H]1CCc2c(ccc(=O)n2CCn2cccn2)C1. The maximum Gasteiger partial charge on any atom is 0.250 e. The van der Waals surface area contributed by atoms with Crippen LogP contribution in [0.25, 0.3) is 0 Å². The molecule has 134 valence electrons. The molecule has 25 heavy (non-hydrogen) atoms. The van der Waals surface area contributed by atoms with E-state index >= 15 is 0 Å². The normalized spacial score (nSPS) is 16.4. The Labute approximate surface area is 146 Å². The smallest absolute Gasteiger partial charge is 0.250 e. The molecule has 7 heteroatoms. The van der Waals surface area contributed by atoms with Gasteiger partial charge in [-0.3, -0.25) is 14.3 Å². The Morgan fingerprint density at radius 2 is 2.28 bits per heavy atom. The van der Waals surface area contributed by atoms with E-state index in [1.807, 2.05) is 27.6 Å². The Morgan fingerprint density at radius 1 is 1.40 bits per heavy atom. The van der Waals surface area contributed by atoms with Crippen LogP contribution in [0, 0.1) is 0 Å². The molecule has 3 rings (SSSR count). The topological polar surface area (TPSA) is 78.1 Å². The van der Waals surface area contributed by atoms with Gasteiger partial charge in [-0.25, -0.2) is 0 Å². The summed E-state index contributed by atoms with van der Waals surface area (Å²) in [4.78, 5) is 24.2. The lowest BCUT2D eigenvalue weighted by atomic mass is 9.91. The molecule has 1 atom stereocenters. The summed E-state index contributed by atoms with van der Waals surface area (Å²) < 4.78 is 8.61. The van der Waals surface area contributed by atoms with Gasteiger partial charge in [0.15, 0.2) is 0 Å². The van der Waals surface area contributed by atoms with Crippen molar-refractivity contribution in [1.29, 1.82) is 0 Å². The van der Waals surface area contributed by atoms with Crippen molar-refractivity contribution in [3.8, 4) is 0 Å². The van der Waals surface area contributed by atoms with Crippen LogP contribution in [0.1, 0.15) is 24.1 Å². The fraction of sp³-hybridized carbons (Fsp3) is 0.500. The van der Waals surface area contributed by atoms with Crippen molar-refractivity contribution in [3.63, 3.8) is 0 Å². The van der Waals surface area contributed by atoms with Gasteiger partial charge in [0.05, 0.1) is 13.2 Å². The molecule has 0 radical (unpaired) electrons. The number of aryl methyl sites for hydroxylation is 1. The van der Waals surface area contributed by atoms with Crippen molar-refractivity contribution in [2.24, 2.45) is 0 Å². The van der Waals surface area contributed by atoms with E-state index in [4.69, 9.17) is 4.74 Å². The Hall–Kier alpha value is -2.41. The Balaban J connectivity index is 1.68. The zero-order chi connectivity index (χ0) is 17.6. The first kappa shape index (κ1) is 17.4. The lowest BCUT2D eigenvalue weighted by Gasteiger charge is -2.27. The average Bonchev–Trinajstić information content (AvgIpc) is 3.12. The summed E-state index contributed by atoms with van der Waals surface area (Å²) in [6.45, 7) is 1.71. The molecule has 1 aliphatic rings. The van der Waals surface area contributed by atoms with Gasteiger partial charge in [0.1, 0.15) is 0 Å². The van der Waals surface area contributed by atoms with Gasteiger partial charge in [0, 0.05) is 50.3 Å². The molecule has 2 heterocycles. The molecular formula is C18H24N4O3. The lowest BCUT2D eigenvalue weighted by Crippen LogP contribution is -2.41. The summed E-state index contributed by atoms with van der Waals surface area (Å²) >= 11 is 0. The van der Waals surface area contributed by atoms with Crippen LogP contribution in [0.3, 0.4) is 0 Å². The van der Waals surface area contributed by atoms with Gasteiger partial charge >= 0.3 is 0 Å². The summed E-state index contributed by atoms with van der Waals surface area (Å²) in [5.41, 5.74) is 2.25. The minimum Gasteiger partial charge on any atom is -0.384 e. The second kappa shape index (κ2) is 8.11. The maximum atomic E-state index is 12.3. The average molecular weight is 344 g/mol. The maximum absolute atomic E-state index is 12.3. The Kier molecular flexibility index (Phi) is 5.65. The summed E-state index contributed by atoms with van der Waals surface area (Å²) in [5.74, 6) is 0.0160. The van der Waals surface area contributed by atoms with Gasteiger partial charge in [0.25, 0.3) is 5.56 Å². The predicted molar refractivity (Wildman–Crippen MR) is 93.4 cm³/mol. The lowest BCUT2D eigenvalue weighted by molar-refractivity contribution is -0.122. The van der Waals surface area contributed by atoms with Crippen molar-refractivity contribution in [1.82, 2.24) is 19.7 Å². The number of pyridine rings is 1. The zero-order valence-electron chi connectivity index (χ0n) is 14.5. The van der Waals surface area contributed by atoms with E-state index in [1.165, 1.54) is 0 Å². The highest BCUT2D eigenvalue weighted by Crippen LogP contribution is 2.20. The monoisotopic (exact) mass is 344 g/mol. The number of hydrogen-bond donors (Lipinski definition) is 1. The van der Waals surface area contributed by atoms with Crippen LogP contribution < -0.4 is 10.9 Å². The van der Waals surface area contributed by atoms with Gasteiger partial charge in [-0.2, -0.15) is 5.10 Å². The molecule has 1 N–H and O–H groups in total. The van der Waals surface area contributed by atoms with Crippen molar-refractivity contribution in [2.45, 2.75) is 44.8 Å². The summed E-state index contributed by atoms with van der Waals surface area (Å²) in [7, 11) is 1.59. The minimum absolute atomic E-state index is 0.0160. The molecule has 1 amide bonds. The molecule has 0 bridgehead atoms. The second-order valence-electron chi connectivity index (χ2n) is 6.31. The molecule has 0 aromatic carbocycles.